The Morgan fingerprint density at radius 3 is 1.84 bits per heavy atom. The van der Waals surface area contributed by atoms with E-state index >= 15 is 0 Å². The van der Waals surface area contributed by atoms with Crippen molar-refractivity contribution in [2.45, 2.75) is 59.3 Å². The molecule has 0 aromatic heterocycles. The van der Waals surface area contributed by atoms with Crippen molar-refractivity contribution in [2.75, 3.05) is 19.8 Å². The van der Waals surface area contributed by atoms with E-state index in [1.54, 1.807) is 0 Å². The molecule has 0 aliphatic carbocycles. The van der Waals surface area contributed by atoms with Crippen LogP contribution in [0, 0.1) is 0 Å². The molecule has 0 heterocycles. The average Bonchev–Trinajstić information content (AvgIpc) is 2.62. The van der Waals surface area contributed by atoms with E-state index in [-0.39, 0.29) is 0 Å². The maximum atomic E-state index is 6.02. The topological polar surface area (TPSA) is 27.7 Å². The van der Waals surface area contributed by atoms with Gasteiger partial charge in [0.15, 0.2) is 0 Å². The van der Waals surface area contributed by atoms with E-state index < -0.39 is 0 Å². The first-order chi connectivity index (χ1) is 12.3. The zero-order valence-electron chi connectivity index (χ0n) is 16.0. The molecule has 0 bridgehead atoms. The molecule has 0 spiro atoms. The van der Waals surface area contributed by atoms with Crippen LogP contribution in [0.25, 0.3) is 10.8 Å². The van der Waals surface area contributed by atoms with Gasteiger partial charge in [-0.2, -0.15) is 0 Å². The molecule has 138 valence electrons. The second-order valence-corrected chi connectivity index (χ2v) is 6.41. The molecule has 0 aliphatic heterocycles. The highest BCUT2D eigenvalue weighted by Crippen LogP contribution is 2.34. The van der Waals surface area contributed by atoms with Gasteiger partial charge in [0.25, 0.3) is 0 Å². The van der Waals surface area contributed by atoms with Crippen LogP contribution >= 0.6 is 0 Å². The molecular formula is C22H32O3. The van der Waals surface area contributed by atoms with Crippen LogP contribution in [0.5, 0.6) is 17.2 Å². The lowest BCUT2D eigenvalue weighted by molar-refractivity contribution is 0.296. The van der Waals surface area contributed by atoms with Gasteiger partial charge in [-0.15, -0.1) is 0 Å². The van der Waals surface area contributed by atoms with Crippen LogP contribution in [-0.4, -0.2) is 19.8 Å². The molecule has 2 aromatic rings. The quantitative estimate of drug-likeness (QED) is 0.418. The standard InChI is InChI=1S/C22H32O3/c1-4-7-12-23-19-10-11-21-18(15-19)16-20(24-13-8-5-2)17-22(21)25-14-9-6-3/h10-11,15-17H,4-9,12-14H2,1-3H3. The zero-order valence-corrected chi connectivity index (χ0v) is 16.0. The number of ether oxygens (including phenoxy) is 3. The molecule has 2 aromatic carbocycles. The van der Waals surface area contributed by atoms with Crippen molar-refractivity contribution in [2.24, 2.45) is 0 Å². The Morgan fingerprint density at radius 1 is 0.640 bits per heavy atom. The van der Waals surface area contributed by atoms with E-state index in [9.17, 15) is 0 Å². The van der Waals surface area contributed by atoms with Crippen molar-refractivity contribution in [3.63, 3.8) is 0 Å². The summed E-state index contributed by atoms with van der Waals surface area (Å²) in [6.45, 7) is 8.74. The summed E-state index contributed by atoms with van der Waals surface area (Å²) in [4.78, 5) is 0. The maximum absolute atomic E-state index is 6.02. The van der Waals surface area contributed by atoms with Crippen LogP contribution in [0.1, 0.15) is 59.3 Å². The third-order valence-electron chi connectivity index (χ3n) is 4.15. The van der Waals surface area contributed by atoms with Crippen LogP contribution < -0.4 is 14.2 Å². The highest BCUT2D eigenvalue weighted by Gasteiger charge is 2.08. The average molecular weight is 344 g/mol. The fourth-order valence-corrected chi connectivity index (χ4v) is 2.57. The lowest BCUT2D eigenvalue weighted by Crippen LogP contribution is -2.01. The molecule has 25 heavy (non-hydrogen) atoms. The van der Waals surface area contributed by atoms with Crippen molar-refractivity contribution in [1.82, 2.24) is 0 Å². The predicted molar refractivity (Wildman–Crippen MR) is 105 cm³/mol. The van der Waals surface area contributed by atoms with Crippen LogP contribution in [0.4, 0.5) is 0 Å². The van der Waals surface area contributed by atoms with Gasteiger partial charge >= 0.3 is 0 Å². The molecule has 0 saturated heterocycles. The molecule has 0 atom stereocenters. The van der Waals surface area contributed by atoms with Crippen LogP contribution in [0.2, 0.25) is 0 Å². The lowest BCUT2D eigenvalue weighted by Gasteiger charge is -2.14. The molecule has 0 amide bonds. The Morgan fingerprint density at radius 2 is 1.20 bits per heavy atom. The molecule has 3 nitrogen and oxygen atoms in total. The normalized spacial score (nSPS) is 10.8. The molecule has 0 N–H and O–H groups in total. The van der Waals surface area contributed by atoms with E-state index in [2.05, 4.69) is 39.0 Å². The molecular weight excluding hydrogens is 312 g/mol. The van der Waals surface area contributed by atoms with Crippen LogP contribution in [-0.2, 0) is 0 Å². The first-order valence-electron chi connectivity index (χ1n) is 9.74. The summed E-state index contributed by atoms with van der Waals surface area (Å²) in [6.07, 6.45) is 6.58. The monoisotopic (exact) mass is 344 g/mol. The van der Waals surface area contributed by atoms with E-state index in [4.69, 9.17) is 14.2 Å². The highest BCUT2D eigenvalue weighted by molar-refractivity contribution is 5.90. The Labute approximate surface area is 152 Å². The minimum Gasteiger partial charge on any atom is -0.494 e. The maximum Gasteiger partial charge on any atom is 0.130 e. The van der Waals surface area contributed by atoms with Crippen molar-refractivity contribution >= 4 is 10.8 Å². The van der Waals surface area contributed by atoms with E-state index in [1.807, 2.05) is 12.1 Å². The number of hydrogen-bond acceptors (Lipinski definition) is 3. The number of unbranched alkanes of at least 4 members (excludes halogenated alkanes) is 3. The predicted octanol–water partition coefficient (Wildman–Crippen LogP) is 6.38. The second kappa shape index (κ2) is 10.9. The van der Waals surface area contributed by atoms with E-state index in [0.717, 1.165) is 86.4 Å². The Balaban J connectivity index is 2.24. The summed E-state index contributed by atoms with van der Waals surface area (Å²) < 4.78 is 17.8. The summed E-state index contributed by atoms with van der Waals surface area (Å²) >= 11 is 0. The third-order valence-corrected chi connectivity index (χ3v) is 4.15. The van der Waals surface area contributed by atoms with Crippen molar-refractivity contribution in [3.8, 4) is 17.2 Å². The van der Waals surface area contributed by atoms with E-state index in [0.29, 0.717) is 0 Å². The number of benzene rings is 2. The summed E-state index contributed by atoms with van der Waals surface area (Å²) in [5.41, 5.74) is 0. The molecule has 0 unspecified atom stereocenters. The SMILES string of the molecule is CCCCOc1ccc2c(OCCCC)cc(OCCCC)cc2c1. The van der Waals surface area contributed by atoms with Gasteiger partial charge in [-0.05, 0) is 48.9 Å². The summed E-state index contributed by atoms with van der Waals surface area (Å²) in [7, 11) is 0. The zero-order chi connectivity index (χ0) is 17.9. The van der Waals surface area contributed by atoms with Crippen LogP contribution in [0.15, 0.2) is 30.3 Å². The number of rotatable bonds is 12. The third kappa shape index (κ3) is 6.15. The summed E-state index contributed by atoms with van der Waals surface area (Å²) in [6, 6.07) is 10.3. The van der Waals surface area contributed by atoms with Gasteiger partial charge in [-0.1, -0.05) is 40.0 Å². The number of fused-ring (bicyclic) bond motifs is 1. The van der Waals surface area contributed by atoms with Crippen LogP contribution in [0.3, 0.4) is 0 Å². The molecule has 0 radical (unpaired) electrons. The number of hydrogen-bond donors (Lipinski definition) is 0. The van der Waals surface area contributed by atoms with E-state index in [1.165, 1.54) is 0 Å². The van der Waals surface area contributed by atoms with Gasteiger partial charge in [0.05, 0.1) is 19.8 Å². The molecule has 0 saturated carbocycles. The van der Waals surface area contributed by atoms with Gasteiger partial charge in [0, 0.05) is 11.5 Å². The lowest BCUT2D eigenvalue weighted by atomic mass is 10.1. The first kappa shape index (κ1) is 19.4. The fraction of sp³-hybridized carbons (Fsp3) is 0.545. The van der Waals surface area contributed by atoms with Gasteiger partial charge in [0.2, 0.25) is 0 Å². The Bertz CT molecular complexity index is 631. The van der Waals surface area contributed by atoms with Crippen molar-refractivity contribution < 1.29 is 14.2 Å². The van der Waals surface area contributed by atoms with Gasteiger partial charge < -0.3 is 14.2 Å². The smallest absolute Gasteiger partial charge is 0.130 e. The summed E-state index contributed by atoms with van der Waals surface area (Å²) in [5, 5.41) is 2.22. The minimum absolute atomic E-state index is 0.735. The molecule has 0 fully saturated rings. The minimum atomic E-state index is 0.735. The molecule has 3 heteroatoms. The first-order valence-corrected chi connectivity index (χ1v) is 9.74. The van der Waals surface area contributed by atoms with Gasteiger partial charge in [-0.3, -0.25) is 0 Å². The van der Waals surface area contributed by atoms with Crippen molar-refractivity contribution in [1.29, 1.82) is 0 Å². The Hall–Kier alpha value is -1.90. The van der Waals surface area contributed by atoms with Gasteiger partial charge in [-0.25, -0.2) is 0 Å². The fourth-order valence-electron chi connectivity index (χ4n) is 2.57. The van der Waals surface area contributed by atoms with Gasteiger partial charge in [0.1, 0.15) is 17.2 Å². The largest absolute Gasteiger partial charge is 0.494 e. The summed E-state index contributed by atoms with van der Waals surface area (Å²) in [5.74, 6) is 2.68. The second-order valence-electron chi connectivity index (χ2n) is 6.41. The Kier molecular flexibility index (Phi) is 8.44. The highest BCUT2D eigenvalue weighted by atomic mass is 16.5. The molecule has 0 aliphatic rings. The molecule has 2 rings (SSSR count). The van der Waals surface area contributed by atoms with Crippen molar-refractivity contribution in [3.05, 3.63) is 30.3 Å².